The monoisotopic (exact) mass is 164 g/mol. The van der Waals surface area contributed by atoms with E-state index in [0.717, 1.165) is 25.7 Å². The van der Waals surface area contributed by atoms with Crippen molar-refractivity contribution < 1.29 is 0 Å². The summed E-state index contributed by atoms with van der Waals surface area (Å²) < 4.78 is 0. The van der Waals surface area contributed by atoms with Crippen LogP contribution in [-0.2, 0) is 0 Å². The summed E-state index contributed by atoms with van der Waals surface area (Å²) in [6.45, 7) is 7.58. The Morgan fingerprint density at radius 1 is 0.667 bits per heavy atom. The molecule has 0 aliphatic rings. The second kappa shape index (κ2) is 10.6. The van der Waals surface area contributed by atoms with Gasteiger partial charge >= 0.3 is 0 Å². The molecular weight excluding hydrogens is 144 g/mol. The molecule has 0 aromatic rings. The Balaban J connectivity index is 3.01. The predicted octanol–water partition coefficient (Wildman–Crippen LogP) is 3.78. The van der Waals surface area contributed by atoms with Gasteiger partial charge in [-0.15, -0.1) is 11.8 Å². The zero-order valence-corrected chi connectivity index (χ0v) is 8.07. The first-order valence-corrected chi connectivity index (χ1v) is 4.96. The lowest BCUT2D eigenvalue weighted by Crippen LogP contribution is -1.73. The third-order valence-electron chi connectivity index (χ3n) is 1.73. The summed E-state index contributed by atoms with van der Waals surface area (Å²) in [7, 11) is 0. The quantitative estimate of drug-likeness (QED) is 0.414. The van der Waals surface area contributed by atoms with E-state index in [2.05, 4.69) is 25.7 Å². The molecule has 0 fully saturated rings. The van der Waals surface area contributed by atoms with Crippen LogP contribution in [0.25, 0.3) is 0 Å². The zero-order valence-electron chi connectivity index (χ0n) is 8.07. The molecule has 0 amide bonds. The van der Waals surface area contributed by atoms with Gasteiger partial charge in [0, 0.05) is 12.8 Å². The number of hydrogen-bond acceptors (Lipinski definition) is 0. The van der Waals surface area contributed by atoms with Gasteiger partial charge in [0.05, 0.1) is 0 Å². The topological polar surface area (TPSA) is 0 Å². The molecule has 0 bridgehead atoms. The van der Waals surface area contributed by atoms with E-state index in [1.807, 2.05) is 0 Å². The van der Waals surface area contributed by atoms with E-state index in [9.17, 15) is 0 Å². The van der Waals surface area contributed by atoms with Crippen molar-refractivity contribution in [2.24, 2.45) is 0 Å². The molecule has 0 atom stereocenters. The van der Waals surface area contributed by atoms with Crippen LogP contribution in [0, 0.1) is 25.7 Å². The summed E-state index contributed by atoms with van der Waals surface area (Å²) in [5.41, 5.74) is 0. The van der Waals surface area contributed by atoms with Crippen LogP contribution in [0.1, 0.15) is 51.4 Å². The van der Waals surface area contributed by atoms with Crippen molar-refractivity contribution in [2.75, 3.05) is 0 Å². The molecule has 0 aliphatic heterocycles. The van der Waals surface area contributed by atoms with Crippen LogP contribution in [0.2, 0.25) is 0 Å². The van der Waals surface area contributed by atoms with E-state index in [1.54, 1.807) is 0 Å². The largest absolute Gasteiger partial charge is 0.103 e. The Labute approximate surface area is 77.8 Å². The fraction of sp³-hybridized carbons (Fsp3) is 0.667. The van der Waals surface area contributed by atoms with Crippen LogP contribution in [0.3, 0.4) is 0 Å². The second-order valence-corrected chi connectivity index (χ2v) is 2.97. The number of rotatable bonds is 6. The first-order valence-electron chi connectivity index (χ1n) is 4.96. The number of hydrogen-bond donors (Lipinski definition) is 0. The highest BCUT2D eigenvalue weighted by molar-refractivity contribution is 4.98. The SMILES string of the molecule is [CH2]CCCCC#CCCCC[CH2]. The molecule has 0 N–H and O–H groups in total. The van der Waals surface area contributed by atoms with Gasteiger partial charge < -0.3 is 0 Å². The van der Waals surface area contributed by atoms with Crippen LogP contribution < -0.4 is 0 Å². The molecule has 12 heavy (non-hydrogen) atoms. The Kier molecular flexibility index (Phi) is 10.2. The summed E-state index contributed by atoms with van der Waals surface area (Å²) in [5.74, 6) is 6.36. The summed E-state index contributed by atoms with van der Waals surface area (Å²) in [6.07, 6.45) is 9.06. The summed E-state index contributed by atoms with van der Waals surface area (Å²) in [4.78, 5) is 0. The molecule has 0 spiro atoms. The molecule has 0 rings (SSSR count). The first kappa shape index (κ1) is 11.6. The maximum atomic E-state index is 3.79. The van der Waals surface area contributed by atoms with Gasteiger partial charge in [0.2, 0.25) is 0 Å². The maximum absolute atomic E-state index is 3.79. The third-order valence-corrected chi connectivity index (χ3v) is 1.73. The molecule has 0 heteroatoms. The Hall–Kier alpha value is -0.440. The van der Waals surface area contributed by atoms with Crippen molar-refractivity contribution in [1.29, 1.82) is 0 Å². The van der Waals surface area contributed by atoms with Crippen LogP contribution in [0.5, 0.6) is 0 Å². The smallest absolute Gasteiger partial charge is 0.00886 e. The highest BCUT2D eigenvalue weighted by atomic mass is 13.9. The lowest BCUT2D eigenvalue weighted by Gasteiger charge is -1.90. The fourth-order valence-corrected chi connectivity index (χ4v) is 0.957. The highest BCUT2D eigenvalue weighted by Gasteiger charge is 1.82. The van der Waals surface area contributed by atoms with Crippen molar-refractivity contribution in [3.63, 3.8) is 0 Å². The molecule has 0 saturated heterocycles. The zero-order chi connectivity index (χ0) is 9.07. The van der Waals surface area contributed by atoms with Gasteiger partial charge in [0.1, 0.15) is 0 Å². The maximum Gasteiger partial charge on any atom is 0.00886 e. The lowest BCUT2D eigenvalue weighted by atomic mass is 10.2. The highest BCUT2D eigenvalue weighted by Crippen LogP contribution is 1.99. The standard InChI is InChI=1S/C12H20/c1-3-5-7-9-11-12-10-8-6-4-2/h1-10H2. The molecule has 0 saturated carbocycles. The Morgan fingerprint density at radius 2 is 1.08 bits per heavy atom. The van der Waals surface area contributed by atoms with Crippen molar-refractivity contribution in [3.05, 3.63) is 13.8 Å². The van der Waals surface area contributed by atoms with Gasteiger partial charge in [-0.05, 0) is 12.8 Å². The normalized spacial score (nSPS) is 9.17. The predicted molar refractivity (Wildman–Crippen MR) is 55.4 cm³/mol. The molecule has 2 radical (unpaired) electrons. The van der Waals surface area contributed by atoms with Crippen molar-refractivity contribution >= 4 is 0 Å². The summed E-state index contributed by atoms with van der Waals surface area (Å²) >= 11 is 0. The van der Waals surface area contributed by atoms with Gasteiger partial charge in [-0.2, -0.15) is 0 Å². The molecule has 0 aromatic heterocycles. The minimum Gasteiger partial charge on any atom is -0.103 e. The van der Waals surface area contributed by atoms with E-state index in [-0.39, 0.29) is 0 Å². The van der Waals surface area contributed by atoms with Crippen LogP contribution in [0.4, 0.5) is 0 Å². The molecule has 0 unspecified atom stereocenters. The van der Waals surface area contributed by atoms with Crippen LogP contribution in [-0.4, -0.2) is 0 Å². The van der Waals surface area contributed by atoms with E-state index in [4.69, 9.17) is 0 Å². The lowest BCUT2D eigenvalue weighted by molar-refractivity contribution is 0.761. The van der Waals surface area contributed by atoms with E-state index < -0.39 is 0 Å². The molecule has 0 aromatic carbocycles. The Morgan fingerprint density at radius 3 is 1.42 bits per heavy atom. The summed E-state index contributed by atoms with van der Waals surface area (Å²) in [6, 6.07) is 0. The van der Waals surface area contributed by atoms with Crippen LogP contribution >= 0.6 is 0 Å². The van der Waals surface area contributed by atoms with Gasteiger partial charge in [-0.3, -0.25) is 0 Å². The molecule has 0 aliphatic carbocycles. The Bertz CT molecular complexity index is 111. The van der Waals surface area contributed by atoms with Crippen LogP contribution in [0.15, 0.2) is 0 Å². The van der Waals surface area contributed by atoms with Crippen molar-refractivity contribution in [2.45, 2.75) is 51.4 Å². The minimum absolute atomic E-state index is 1.04. The van der Waals surface area contributed by atoms with Crippen molar-refractivity contribution in [3.8, 4) is 11.8 Å². The van der Waals surface area contributed by atoms with Gasteiger partial charge in [0.25, 0.3) is 0 Å². The van der Waals surface area contributed by atoms with Crippen molar-refractivity contribution in [1.82, 2.24) is 0 Å². The van der Waals surface area contributed by atoms with Gasteiger partial charge in [-0.1, -0.05) is 39.5 Å². The van der Waals surface area contributed by atoms with Gasteiger partial charge in [0.15, 0.2) is 0 Å². The third kappa shape index (κ3) is 9.56. The van der Waals surface area contributed by atoms with E-state index >= 15 is 0 Å². The van der Waals surface area contributed by atoms with Gasteiger partial charge in [-0.25, -0.2) is 0 Å². The first-order chi connectivity index (χ1) is 5.91. The molecular formula is C12H20. The fourth-order valence-electron chi connectivity index (χ4n) is 0.957. The average molecular weight is 164 g/mol. The average Bonchev–Trinajstić information content (AvgIpc) is 2.10. The second-order valence-electron chi connectivity index (χ2n) is 2.97. The van der Waals surface area contributed by atoms with E-state index in [0.29, 0.717) is 0 Å². The summed E-state index contributed by atoms with van der Waals surface area (Å²) in [5, 5.41) is 0. The molecule has 0 heterocycles. The minimum atomic E-state index is 1.04. The van der Waals surface area contributed by atoms with E-state index in [1.165, 1.54) is 25.7 Å². The number of unbranched alkanes of at least 4 members (excludes halogenated alkanes) is 6. The molecule has 0 nitrogen and oxygen atoms in total. The molecule has 68 valence electrons.